The van der Waals surface area contributed by atoms with Crippen molar-refractivity contribution in [1.29, 1.82) is 0 Å². The van der Waals surface area contributed by atoms with Crippen molar-refractivity contribution in [3.63, 3.8) is 0 Å². The number of nitrogen functional groups attached to an aromatic ring is 1. The zero-order valence-corrected chi connectivity index (χ0v) is 10.7. The number of nitrogens with one attached hydrogen (secondary N) is 1. The Morgan fingerprint density at radius 3 is 2.84 bits per heavy atom. The smallest absolute Gasteiger partial charge is 0.228 e. The van der Waals surface area contributed by atoms with Crippen molar-refractivity contribution in [2.45, 2.75) is 6.42 Å². The first-order valence-corrected chi connectivity index (χ1v) is 6.15. The molecule has 96 valence electrons. The molecule has 0 unspecified atom stereocenters. The van der Waals surface area contributed by atoms with Crippen molar-refractivity contribution in [2.75, 3.05) is 11.1 Å². The van der Waals surface area contributed by atoms with Gasteiger partial charge in [-0.3, -0.25) is 4.79 Å². The summed E-state index contributed by atoms with van der Waals surface area (Å²) in [5.41, 5.74) is 7.97. The van der Waals surface area contributed by atoms with E-state index in [0.29, 0.717) is 28.6 Å². The first-order valence-electron chi connectivity index (χ1n) is 5.77. The van der Waals surface area contributed by atoms with Crippen LogP contribution in [-0.4, -0.2) is 5.91 Å². The lowest BCUT2D eigenvalue weighted by Gasteiger charge is -2.09. The molecule has 2 aromatic carbocycles. The second-order valence-electron chi connectivity index (χ2n) is 4.34. The molecule has 0 aromatic heterocycles. The van der Waals surface area contributed by atoms with Gasteiger partial charge in [-0.15, -0.1) is 0 Å². The van der Waals surface area contributed by atoms with Crippen molar-refractivity contribution >= 4 is 28.9 Å². The van der Waals surface area contributed by atoms with E-state index >= 15 is 0 Å². The van der Waals surface area contributed by atoms with Gasteiger partial charge in [-0.2, -0.15) is 0 Å². The van der Waals surface area contributed by atoms with Gasteiger partial charge in [0.05, 0.1) is 11.4 Å². The molecule has 0 bridgehead atoms. The number of amides is 1. The Hall–Kier alpha value is -2.20. The van der Waals surface area contributed by atoms with Gasteiger partial charge in [0, 0.05) is 11.4 Å². The summed E-state index contributed by atoms with van der Waals surface area (Å²) in [6, 6.07) is 10.5. The molecule has 4 nitrogen and oxygen atoms in total. The Balaban J connectivity index is 1.88. The van der Waals surface area contributed by atoms with Crippen LogP contribution in [0.15, 0.2) is 36.4 Å². The standard InChI is InChI=1S/C14H11ClN2O2/c15-11-7-9(16)1-4-13(11)19-10-2-3-12-8(5-10)6-14(18)17-12/h1-5,7H,6,16H2,(H,17,18). The topological polar surface area (TPSA) is 64.3 Å². The minimum absolute atomic E-state index is 0.00216. The number of anilines is 2. The van der Waals surface area contributed by atoms with Crippen LogP contribution in [0.5, 0.6) is 11.5 Å². The fourth-order valence-corrected chi connectivity index (χ4v) is 2.22. The van der Waals surface area contributed by atoms with Gasteiger partial charge in [0.2, 0.25) is 5.91 Å². The lowest BCUT2D eigenvalue weighted by atomic mass is 10.1. The van der Waals surface area contributed by atoms with Crippen LogP contribution in [0.1, 0.15) is 5.56 Å². The highest BCUT2D eigenvalue weighted by molar-refractivity contribution is 6.32. The van der Waals surface area contributed by atoms with Crippen molar-refractivity contribution in [1.82, 2.24) is 0 Å². The first-order chi connectivity index (χ1) is 9.11. The van der Waals surface area contributed by atoms with Crippen LogP contribution < -0.4 is 15.8 Å². The van der Waals surface area contributed by atoms with Gasteiger partial charge in [0.15, 0.2) is 0 Å². The van der Waals surface area contributed by atoms with Crippen LogP contribution in [0.25, 0.3) is 0 Å². The molecule has 0 aliphatic carbocycles. The van der Waals surface area contributed by atoms with E-state index in [1.54, 1.807) is 24.3 Å². The zero-order chi connectivity index (χ0) is 13.4. The highest BCUT2D eigenvalue weighted by Crippen LogP contribution is 2.33. The summed E-state index contributed by atoms with van der Waals surface area (Å²) in [6.45, 7) is 0. The summed E-state index contributed by atoms with van der Waals surface area (Å²) >= 11 is 6.05. The zero-order valence-electron chi connectivity index (χ0n) is 9.94. The highest BCUT2D eigenvalue weighted by Gasteiger charge is 2.18. The molecule has 1 aliphatic rings. The summed E-state index contributed by atoms with van der Waals surface area (Å²) in [5, 5.41) is 3.22. The second-order valence-corrected chi connectivity index (χ2v) is 4.74. The molecule has 0 spiro atoms. The van der Waals surface area contributed by atoms with Gasteiger partial charge in [-0.05, 0) is 42.0 Å². The SMILES string of the molecule is Nc1ccc(Oc2ccc3c(c2)CC(=O)N3)c(Cl)c1. The number of carbonyl (C=O) groups excluding carboxylic acids is 1. The van der Waals surface area contributed by atoms with Crippen molar-refractivity contribution < 1.29 is 9.53 Å². The quantitative estimate of drug-likeness (QED) is 0.827. The minimum Gasteiger partial charge on any atom is -0.456 e. The molecular weight excluding hydrogens is 264 g/mol. The third kappa shape index (κ3) is 2.35. The van der Waals surface area contributed by atoms with Gasteiger partial charge >= 0.3 is 0 Å². The Bertz CT molecular complexity index is 670. The molecule has 2 aromatic rings. The summed E-state index contributed by atoms with van der Waals surface area (Å²) < 4.78 is 5.70. The predicted molar refractivity (Wildman–Crippen MR) is 74.7 cm³/mol. The maximum atomic E-state index is 11.3. The van der Waals surface area contributed by atoms with E-state index in [1.165, 1.54) is 0 Å². The van der Waals surface area contributed by atoms with E-state index in [4.69, 9.17) is 22.1 Å². The third-order valence-corrected chi connectivity index (χ3v) is 3.18. The molecule has 19 heavy (non-hydrogen) atoms. The second kappa shape index (κ2) is 4.48. The molecule has 0 saturated heterocycles. The van der Waals surface area contributed by atoms with Gasteiger partial charge in [0.25, 0.3) is 0 Å². The number of nitrogens with two attached hydrogens (primary N) is 1. The summed E-state index contributed by atoms with van der Waals surface area (Å²) in [5.74, 6) is 1.17. The third-order valence-electron chi connectivity index (χ3n) is 2.89. The number of hydrogen-bond donors (Lipinski definition) is 2. The molecule has 1 aliphatic heterocycles. The number of carbonyl (C=O) groups is 1. The van der Waals surface area contributed by atoms with Gasteiger partial charge in [-0.1, -0.05) is 11.6 Å². The number of halogens is 1. The molecule has 0 atom stereocenters. The van der Waals surface area contributed by atoms with E-state index in [-0.39, 0.29) is 5.91 Å². The Morgan fingerprint density at radius 2 is 2.05 bits per heavy atom. The molecule has 0 saturated carbocycles. The number of hydrogen-bond acceptors (Lipinski definition) is 3. The lowest BCUT2D eigenvalue weighted by molar-refractivity contribution is -0.115. The maximum absolute atomic E-state index is 11.3. The fraction of sp³-hybridized carbons (Fsp3) is 0.0714. The van der Waals surface area contributed by atoms with Crippen LogP contribution in [0.3, 0.4) is 0 Å². The summed E-state index contributed by atoms with van der Waals surface area (Å²) in [4.78, 5) is 11.3. The maximum Gasteiger partial charge on any atom is 0.228 e. The number of benzene rings is 2. The summed E-state index contributed by atoms with van der Waals surface area (Å²) in [6.07, 6.45) is 0.377. The van der Waals surface area contributed by atoms with Crippen LogP contribution in [0.2, 0.25) is 5.02 Å². The molecule has 1 heterocycles. The van der Waals surface area contributed by atoms with Crippen LogP contribution in [-0.2, 0) is 11.2 Å². The van der Waals surface area contributed by atoms with E-state index in [1.807, 2.05) is 12.1 Å². The molecule has 0 radical (unpaired) electrons. The molecule has 3 N–H and O–H groups in total. The van der Waals surface area contributed by atoms with Crippen LogP contribution in [0, 0.1) is 0 Å². The summed E-state index contributed by atoms with van der Waals surface area (Å²) in [7, 11) is 0. The Morgan fingerprint density at radius 1 is 1.21 bits per heavy atom. The largest absolute Gasteiger partial charge is 0.456 e. The van der Waals surface area contributed by atoms with Crippen molar-refractivity contribution in [3.05, 3.63) is 47.0 Å². The average molecular weight is 275 g/mol. The van der Waals surface area contributed by atoms with E-state index < -0.39 is 0 Å². The van der Waals surface area contributed by atoms with E-state index in [9.17, 15) is 4.79 Å². The normalized spacial score (nSPS) is 13.0. The van der Waals surface area contributed by atoms with E-state index in [0.717, 1.165) is 11.3 Å². The van der Waals surface area contributed by atoms with Crippen molar-refractivity contribution in [2.24, 2.45) is 0 Å². The minimum atomic E-state index is -0.00216. The van der Waals surface area contributed by atoms with Crippen LogP contribution >= 0.6 is 11.6 Å². The number of ether oxygens (including phenoxy) is 1. The Kier molecular flexibility index (Phi) is 2.80. The number of fused-ring (bicyclic) bond motifs is 1. The van der Waals surface area contributed by atoms with Gasteiger partial charge in [-0.25, -0.2) is 0 Å². The molecular formula is C14H11ClN2O2. The number of rotatable bonds is 2. The predicted octanol–water partition coefficient (Wildman–Crippen LogP) is 3.21. The van der Waals surface area contributed by atoms with Crippen molar-refractivity contribution in [3.8, 4) is 11.5 Å². The monoisotopic (exact) mass is 274 g/mol. The molecule has 3 rings (SSSR count). The molecule has 0 fully saturated rings. The molecule has 1 amide bonds. The first kappa shape index (κ1) is 11.9. The molecule has 5 heteroatoms. The fourth-order valence-electron chi connectivity index (χ4n) is 2.00. The lowest BCUT2D eigenvalue weighted by Crippen LogP contribution is -2.03. The highest BCUT2D eigenvalue weighted by atomic mass is 35.5. The van der Waals surface area contributed by atoms with Gasteiger partial charge < -0.3 is 15.8 Å². The van der Waals surface area contributed by atoms with Crippen LogP contribution in [0.4, 0.5) is 11.4 Å². The van der Waals surface area contributed by atoms with E-state index in [2.05, 4.69) is 5.32 Å². The van der Waals surface area contributed by atoms with Gasteiger partial charge in [0.1, 0.15) is 11.5 Å². The Labute approximate surface area is 115 Å². The average Bonchev–Trinajstić information content (AvgIpc) is 2.72.